The fourth-order valence-electron chi connectivity index (χ4n) is 2.57. The molecular weight excluding hydrogens is 366 g/mol. The highest BCUT2D eigenvalue weighted by Gasteiger charge is 2.21. The maximum absolute atomic E-state index is 12.7. The monoisotopic (exact) mass is 393 g/mol. The maximum atomic E-state index is 12.7. The lowest BCUT2D eigenvalue weighted by molar-refractivity contribution is 0.0635. The first-order valence-corrected chi connectivity index (χ1v) is 9.35. The Kier molecular flexibility index (Phi) is 6.33. The first kappa shape index (κ1) is 22.0. The number of nitrogens with zero attached hydrogens (tertiary/aromatic N) is 1. The van der Waals surface area contributed by atoms with Gasteiger partial charge in [0.1, 0.15) is 5.60 Å². The normalized spacial score (nSPS) is 11.3. The summed E-state index contributed by atoms with van der Waals surface area (Å²) in [5, 5.41) is 14.9. The van der Waals surface area contributed by atoms with Crippen LogP contribution in [0.4, 0.5) is 16.2 Å². The van der Waals surface area contributed by atoms with Crippen molar-refractivity contribution in [2.45, 2.75) is 52.6 Å². The van der Waals surface area contributed by atoms with Crippen LogP contribution in [0.3, 0.4) is 0 Å². The minimum atomic E-state index is -0.690. The van der Waals surface area contributed by atoms with E-state index in [1.54, 1.807) is 71.0 Å². The Morgan fingerprint density at radius 3 is 2.31 bits per heavy atom. The summed E-state index contributed by atoms with van der Waals surface area (Å²) in [4.78, 5) is 24.7. The van der Waals surface area contributed by atoms with E-state index >= 15 is 0 Å². The fraction of sp³-hybridized carbons (Fsp3) is 0.348. The van der Waals surface area contributed by atoms with Gasteiger partial charge in [-0.25, -0.2) is 4.79 Å². The van der Waals surface area contributed by atoms with Gasteiger partial charge in [0.25, 0.3) is 5.91 Å². The summed E-state index contributed by atoms with van der Waals surface area (Å²) in [7, 11) is 0. The zero-order chi connectivity index (χ0) is 21.8. The van der Waals surface area contributed by atoms with Crippen LogP contribution in [0.1, 0.15) is 56.1 Å². The number of nitriles is 1. The van der Waals surface area contributed by atoms with Gasteiger partial charge in [0.05, 0.1) is 11.5 Å². The number of carbonyl (C=O) groups excluding carboxylic acids is 2. The summed E-state index contributed by atoms with van der Waals surface area (Å²) in [5.41, 5.74) is 1.85. The van der Waals surface area contributed by atoms with Gasteiger partial charge in [0.2, 0.25) is 0 Å². The number of amides is 2. The Bertz CT molecular complexity index is 966. The van der Waals surface area contributed by atoms with Crippen molar-refractivity contribution in [2.24, 2.45) is 0 Å². The van der Waals surface area contributed by atoms with Gasteiger partial charge in [-0.1, -0.05) is 18.2 Å². The van der Waals surface area contributed by atoms with Crippen LogP contribution in [0, 0.1) is 18.3 Å². The SMILES string of the molecule is Cc1ccc(NC(=O)c2cccc(C(C)(C)C#N)c2)cc1NC(=O)OC(C)(C)C. The third-order valence-corrected chi connectivity index (χ3v) is 4.26. The number of nitrogens with one attached hydrogen (secondary N) is 2. The Morgan fingerprint density at radius 2 is 1.69 bits per heavy atom. The zero-order valence-corrected chi connectivity index (χ0v) is 17.7. The number of ether oxygens (including phenoxy) is 1. The molecule has 0 saturated heterocycles. The van der Waals surface area contributed by atoms with Crippen molar-refractivity contribution < 1.29 is 14.3 Å². The van der Waals surface area contributed by atoms with E-state index in [1.807, 2.05) is 13.0 Å². The number of anilines is 2. The molecule has 0 aliphatic carbocycles. The maximum Gasteiger partial charge on any atom is 0.412 e. The summed E-state index contributed by atoms with van der Waals surface area (Å²) in [5.74, 6) is -0.298. The fourth-order valence-corrected chi connectivity index (χ4v) is 2.57. The highest BCUT2D eigenvalue weighted by Crippen LogP contribution is 2.25. The topological polar surface area (TPSA) is 91.2 Å². The Labute approximate surface area is 171 Å². The van der Waals surface area contributed by atoms with E-state index in [0.29, 0.717) is 16.9 Å². The number of hydrogen-bond acceptors (Lipinski definition) is 4. The van der Waals surface area contributed by atoms with E-state index < -0.39 is 17.1 Å². The second-order valence-electron chi connectivity index (χ2n) is 8.43. The lowest BCUT2D eigenvalue weighted by atomic mass is 9.85. The average Bonchev–Trinajstić information content (AvgIpc) is 2.63. The minimum Gasteiger partial charge on any atom is -0.444 e. The summed E-state index contributed by atoms with van der Waals surface area (Å²) in [6.07, 6.45) is -0.560. The number of rotatable bonds is 4. The predicted octanol–water partition coefficient (Wildman–Crippen LogP) is 5.40. The molecule has 2 aromatic carbocycles. The zero-order valence-electron chi connectivity index (χ0n) is 17.7. The summed E-state index contributed by atoms with van der Waals surface area (Å²) >= 11 is 0. The molecule has 2 rings (SSSR count). The van der Waals surface area contributed by atoms with Gasteiger partial charge >= 0.3 is 6.09 Å². The molecular formula is C23H27N3O3. The minimum absolute atomic E-state index is 0.298. The molecule has 6 heteroatoms. The molecule has 0 spiro atoms. The van der Waals surface area contributed by atoms with Gasteiger partial charge < -0.3 is 10.1 Å². The van der Waals surface area contributed by atoms with E-state index in [9.17, 15) is 14.9 Å². The largest absolute Gasteiger partial charge is 0.444 e. The van der Waals surface area contributed by atoms with Gasteiger partial charge in [-0.15, -0.1) is 0 Å². The van der Waals surface area contributed by atoms with Crippen LogP contribution in [0.5, 0.6) is 0 Å². The molecule has 29 heavy (non-hydrogen) atoms. The van der Waals surface area contributed by atoms with Crippen LogP contribution in [0.2, 0.25) is 0 Å². The first-order chi connectivity index (χ1) is 13.4. The molecule has 0 radical (unpaired) electrons. The van der Waals surface area contributed by atoms with Crippen molar-refractivity contribution in [1.82, 2.24) is 0 Å². The molecule has 0 heterocycles. The summed E-state index contributed by atoms with van der Waals surface area (Å²) < 4.78 is 5.28. The number of hydrogen-bond donors (Lipinski definition) is 2. The second kappa shape index (κ2) is 8.36. The van der Waals surface area contributed by atoms with Crippen molar-refractivity contribution >= 4 is 23.4 Å². The van der Waals surface area contributed by atoms with E-state index in [0.717, 1.165) is 11.1 Å². The van der Waals surface area contributed by atoms with Crippen LogP contribution in [0.15, 0.2) is 42.5 Å². The lowest BCUT2D eigenvalue weighted by Gasteiger charge is -2.20. The van der Waals surface area contributed by atoms with Crippen molar-refractivity contribution in [3.63, 3.8) is 0 Å². The second-order valence-corrected chi connectivity index (χ2v) is 8.43. The summed E-state index contributed by atoms with van der Waals surface area (Å²) in [6, 6.07) is 14.5. The highest BCUT2D eigenvalue weighted by atomic mass is 16.6. The quantitative estimate of drug-likeness (QED) is 0.728. The van der Waals surface area contributed by atoms with Crippen LogP contribution < -0.4 is 10.6 Å². The van der Waals surface area contributed by atoms with E-state index in [1.165, 1.54) is 0 Å². The van der Waals surface area contributed by atoms with E-state index in [-0.39, 0.29) is 5.91 Å². The molecule has 0 aromatic heterocycles. The molecule has 0 saturated carbocycles. The Morgan fingerprint density at radius 1 is 1.00 bits per heavy atom. The first-order valence-electron chi connectivity index (χ1n) is 9.35. The highest BCUT2D eigenvalue weighted by molar-refractivity contribution is 6.04. The smallest absolute Gasteiger partial charge is 0.412 e. The van der Waals surface area contributed by atoms with Crippen LogP contribution in [-0.2, 0) is 10.2 Å². The van der Waals surface area contributed by atoms with E-state index in [2.05, 4.69) is 16.7 Å². The van der Waals surface area contributed by atoms with Crippen molar-refractivity contribution in [1.29, 1.82) is 5.26 Å². The molecule has 0 aliphatic rings. The molecule has 0 atom stereocenters. The Hall–Kier alpha value is -3.33. The molecule has 0 bridgehead atoms. The Balaban J connectivity index is 2.19. The van der Waals surface area contributed by atoms with Crippen LogP contribution >= 0.6 is 0 Å². The third kappa shape index (κ3) is 6.08. The van der Waals surface area contributed by atoms with Crippen molar-refractivity contribution in [3.05, 3.63) is 59.2 Å². The summed E-state index contributed by atoms with van der Waals surface area (Å²) in [6.45, 7) is 10.8. The molecule has 6 nitrogen and oxygen atoms in total. The number of carbonyl (C=O) groups is 2. The van der Waals surface area contributed by atoms with Gasteiger partial charge in [0, 0.05) is 16.9 Å². The van der Waals surface area contributed by atoms with Crippen LogP contribution in [0.25, 0.3) is 0 Å². The van der Waals surface area contributed by atoms with E-state index in [4.69, 9.17) is 4.74 Å². The molecule has 2 N–H and O–H groups in total. The number of benzene rings is 2. The van der Waals surface area contributed by atoms with Gasteiger partial charge in [-0.05, 0) is 76.9 Å². The average molecular weight is 393 g/mol. The van der Waals surface area contributed by atoms with Crippen LogP contribution in [-0.4, -0.2) is 17.6 Å². The van der Waals surface area contributed by atoms with Gasteiger partial charge in [0.15, 0.2) is 0 Å². The van der Waals surface area contributed by atoms with Gasteiger partial charge in [-0.3, -0.25) is 10.1 Å². The molecule has 2 aromatic rings. The molecule has 152 valence electrons. The molecule has 0 fully saturated rings. The van der Waals surface area contributed by atoms with Gasteiger partial charge in [-0.2, -0.15) is 5.26 Å². The predicted molar refractivity (Wildman–Crippen MR) is 114 cm³/mol. The molecule has 0 aliphatic heterocycles. The third-order valence-electron chi connectivity index (χ3n) is 4.26. The molecule has 0 unspecified atom stereocenters. The van der Waals surface area contributed by atoms with Crippen molar-refractivity contribution in [3.8, 4) is 6.07 Å². The van der Waals surface area contributed by atoms with Crippen molar-refractivity contribution in [2.75, 3.05) is 10.6 Å². The lowest BCUT2D eigenvalue weighted by Crippen LogP contribution is -2.27. The number of aryl methyl sites for hydroxylation is 1. The molecule has 2 amide bonds. The standard InChI is InChI=1S/C23H27N3O3/c1-15-10-11-18(13-19(15)26-21(28)29-22(2,3)4)25-20(27)16-8-7-9-17(12-16)23(5,6)14-24/h7-13H,1-6H3,(H,25,27)(H,26,28).